The van der Waals surface area contributed by atoms with E-state index in [1.807, 2.05) is 0 Å². The molecule has 0 aliphatic heterocycles. The number of amides is 1. The quantitative estimate of drug-likeness (QED) is 0.477. The first-order chi connectivity index (χ1) is 10.6. The van der Waals surface area contributed by atoms with Gasteiger partial charge >= 0.3 is 12.1 Å². The molecule has 1 saturated carbocycles. The normalized spacial score (nSPS) is 24.7. The summed E-state index contributed by atoms with van der Waals surface area (Å²) in [5.74, 6) is -0.738. The molecule has 0 aromatic carbocycles. The van der Waals surface area contributed by atoms with Gasteiger partial charge in [-0.1, -0.05) is 6.08 Å². The van der Waals surface area contributed by atoms with Crippen molar-refractivity contribution in [2.75, 3.05) is 13.2 Å². The Bertz CT molecular complexity index is 480. The highest BCUT2D eigenvalue weighted by Gasteiger charge is 2.50. The number of ether oxygens (including phenoxy) is 2. The molecule has 130 valence electrons. The summed E-state index contributed by atoms with van der Waals surface area (Å²) >= 11 is 0. The van der Waals surface area contributed by atoms with Crippen LogP contribution in [0.15, 0.2) is 12.7 Å². The zero-order chi connectivity index (χ0) is 17.7. The largest absolute Gasteiger partial charge is 0.465 e. The van der Waals surface area contributed by atoms with Crippen LogP contribution in [0.1, 0.15) is 47.0 Å². The van der Waals surface area contributed by atoms with Crippen molar-refractivity contribution in [1.29, 1.82) is 0 Å². The molecule has 1 rings (SSSR count). The minimum Gasteiger partial charge on any atom is -0.465 e. The van der Waals surface area contributed by atoms with Crippen LogP contribution in [0.3, 0.4) is 0 Å². The van der Waals surface area contributed by atoms with E-state index < -0.39 is 23.1 Å². The first kappa shape index (κ1) is 19.2. The second kappa shape index (κ2) is 7.62. The summed E-state index contributed by atoms with van der Waals surface area (Å²) in [6.45, 7) is 10.7. The smallest absolute Gasteiger partial charge is 0.407 e. The second-order valence-electron chi connectivity index (χ2n) is 6.82. The van der Waals surface area contributed by atoms with Gasteiger partial charge in [-0.15, -0.1) is 6.58 Å². The van der Waals surface area contributed by atoms with Gasteiger partial charge in [0.15, 0.2) is 5.78 Å². The molecule has 6 heteroatoms. The maximum absolute atomic E-state index is 12.6. The average molecular weight is 325 g/mol. The van der Waals surface area contributed by atoms with E-state index in [0.717, 1.165) is 0 Å². The Hall–Kier alpha value is -1.85. The van der Waals surface area contributed by atoms with E-state index in [1.54, 1.807) is 33.8 Å². The number of nitrogens with one attached hydrogen (secondary N) is 1. The lowest BCUT2D eigenvalue weighted by Crippen LogP contribution is -2.52. The molecule has 0 saturated heterocycles. The van der Waals surface area contributed by atoms with Crippen molar-refractivity contribution in [1.82, 2.24) is 5.32 Å². The van der Waals surface area contributed by atoms with Gasteiger partial charge in [-0.25, -0.2) is 4.79 Å². The van der Waals surface area contributed by atoms with Gasteiger partial charge in [0.05, 0.1) is 6.61 Å². The van der Waals surface area contributed by atoms with Crippen LogP contribution in [0.2, 0.25) is 0 Å². The molecule has 0 aromatic rings. The Balaban J connectivity index is 2.85. The number of hydrogen-bond acceptors (Lipinski definition) is 5. The Kier molecular flexibility index (Phi) is 6.36. The molecular formula is C17H27NO5. The Morgan fingerprint density at radius 1 is 1.43 bits per heavy atom. The van der Waals surface area contributed by atoms with Crippen LogP contribution in [0, 0.1) is 11.3 Å². The first-order valence-electron chi connectivity index (χ1n) is 7.94. The minimum atomic E-state index is -1.33. The van der Waals surface area contributed by atoms with Crippen LogP contribution < -0.4 is 5.32 Å². The number of allylic oxidation sites excluding steroid dienone is 1. The summed E-state index contributed by atoms with van der Waals surface area (Å²) in [5, 5.41) is 2.54. The zero-order valence-corrected chi connectivity index (χ0v) is 14.4. The molecule has 0 bridgehead atoms. The van der Waals surface area contributed by atoms with Crippen molar-refractivity contribution in [2.24, 2.45) is 11.3 Å². The highest BCUT2D eigenvalue weighted by molar-refractivity contribution is 6.05. The van der Waals surface area contributed by atoms with E-state index in [-0.39, 0.29) is 31.3 Å². The maximum atomic E-state index is 12.6. The van der Waals surface area contributed by atoms with Gasteiger partial charge in [0.1, 0.15) is 11.0 Å². The number of ketones is 1. The van der Waals surface area contributed by atoms with E-state index in [9.17, 15) is 14.4 Å². The number of carbonyl (C=O) groups is 3. The number of carbonyl (C=O) groups excluding carboxylic acids is 3. The Morgan fingerprint density at radius 3 is 2.57 bits per heavy atom. The summed E-state index contributed by atoms with van der Waals surface area (Å²) in [7, 11) is 0. The van der Waals surface area contributed by atoms with Crippen molar-refractivity contribution in [3.8, 4) is 0 Å². The van der Waals surface area contributed by atoms with Crippen molar-refractivity contribution >= 4 is 17.8 Å². The third-order valence-electron chi connectivity index (χ3n) is 3.86. The molecule has 1 aliphatic rings. The van der Waals surface area contributed by atoms with Gasteiger partial charge in [-0.3, -0.25) is 9.59 Å². The molecule has 1 N–H and O–H groups in total. The van der Waals surface area contributed by atoms with Gasteiger partial charge < -0.3 is 14.8 Å². The molecular weight excluding hydrogens is 298 g/mol. The summed E-state index contributed by atoms with van der Waals surface area (Å²) < 4.78 is 10.2. The van der Waals surface area contributed by atoms with Gasteiger partial charge in [-0.05, 0) is 46.5 Å². The molecule has 2 atom stereocenters. The van der Waals surface area contributed by atoms with Crippen molar-refractivity contribution in [2.45, 2.75) is 52.6 Å². The molecule has 6 nitrogen and oxygen atoms in total. The van der Waals surface area contributed by atoms with Crippen LogP contribution in [-0.4, -0.2) is 36.6 Å². The molecule has 0 radical (unpaired) electrons. The highest BCUT2D eigenvalue weighted by Crippen LogP contribution is 2.37. The van der Waals surface area contributed by atoms with Gasteiger partial charge in [0, 0.05) is 13.0 Å². The molecule has 1 unspecified atom stereocenters. The van der Waals surface area contributed by atoms with Crippen molar-refractivity contribution in [3.05, 3.63) is 12.7 Å². The monoisotopic (exact) mass is 325 g/mol. The van der Waals surface area contributed by atoms with E-state index >= 15 is 0 Å². The standard InChI is InChI=1S/C17H27NO5/c1-6-12-8-9-17(13(19)10-12,14(20)22-7-2)11-18-15(21)23-16(3,4)5/h6,12H,1,7-11H2,2-5H3,(H,18,21)/t12-,17?/m1/s1. The lowest BCUT2D eigenvalue weighted by Gasteiger charge is -2.36. The third-order valence-corrected chi connectivity index (χ3v) is 3.86. The predicted octanol–water partition coefficient (Wildman–Crippen LogP) is 2.62. The van der Waals surface area contributed by atoms with Crippen molar-refractivity contribution in [3.63, 3.8) is 0 Å². The summed E-state index contributed by atoms with van der Waals surface area (Å²) in [6.07, 6.45) is 2.30. The van der Waals surface area contributed by atoms with Crippen molar-refractivity contribution < 1.29 is 23.9 Å². The molecule has 1 aliphatic carbocycles. The topological polar surface area (TPSA) is 81.7 Å². The van der Waals surface area contributed by atoms with E-state index in [4.69, 9.17) is 9.47 Å². The Morgan fingerprint density at radius 2 is 2.09 bits per heavy atom. The first-order valence-corrected chi connectivity index (χ1v) is 7.94. The van der Waals surface area contributed by atoms with Crippen LogP contribution in [-0.2, 0) is 19.1 Å². The van der Waals surface area contributed by atoms with Crippen LogP contribution >= 0.6 is 0 Å². The second-order valence-corrected chi connectivity index (χ2v) is 6.82. The van der Waals surface area contributed by atoms with Gasteiger partial charge in [-0.2, -0.15) is 0 Å². The molecule has 0 spiro atoms. The van der Waals surface area contributed by atoms with Crippen LogP contribution in [0.4, 0.5) is 4.79 Å². The third kappa shape index (κ3) is 5.08. The maximum Gasteiger partial charge on any atom is 0.407 e. The highest BCUT2D eigenvalue weighted by atomic mass is 16.6. The van der Waals surface area contributed by atoms with E-state index in [2.05, 4.69) is 11.9 Å². The number of alkyl carbamates (subject to hydrolysis) is 1. The fourth-order valence-electron chi connectivity index (χ4n) is 2.59. The lowest BCUT2D eigenvalue weighted by atomic mass is 9.69. The molecule has 23 heavy (non-hydrogen) atoms. The van der Waals surface area contributed by atoms with E-state index in [0.29, 0.717) is 12.8 Å². The fraction of sp³-hybridized carbons (Fsp3) is 0.706. The van der Waals surface area contributed by atoms with Crippen LogP contribution in [0.25, 0.3) is 0 Å². The number of Topliss-reactive ketones (excluding diaryl/α,β-unsaturated/α-hetero) is 1. The summed E-state index contributed by atoms with van der Waals surface area (Å²) in [4.78, 5) is 36.8. The Labute approximate surface area is 137 Å². The fourth-order valence-corrected chi connectivity index (χ4v) is 2.59. The molecule has 0 aromatic heterocycles. The zero-order valence-electron chi connectivity index (χ0n) is 14.4. The predicted molar refractivity (Wildman–Crippen MR) is 85.8 cm³/mol. The number of esters is 1. The SMILES string of the molecule is C=C[C@@H]1CCC(CNC(=O)OC(C)(C)C)(C(=O)OCC)C(=O)C1. The number of hydrogen-bond donors (Lipinski definition) is 1. The van der Waals surface area contributed by atoms with Crippen LogP contribution in [0.5, 0.6) is 0 Å². The van der Waals surface area contributed by atoms with Gasteiger partial charge in [0.25, 0.3) is 0 Å². The molecule has 1 amide bonds. The van der Waals surface area contributed by atoms with E-state index in [1.165, 1.54) is 0 Å². The average Bonchev–Trinajstić information content (AvgIpc) is 2.44. The summed E-state index contributed by atoms with van der Waals surface area (Å²) in [5.41, 5.74) is -1.97. The number of rotatable bonds is 5. The minimum absolute atomic E-state index is 0.0616. The molecule has 0 heterocycles. The van der Waals surface area contributed by atoms with Gasteiger partial charge in [0.2, 0.25) is 0 Å². The lowest BCUT2D eigenvalue weighted by molar-refractivity contribution is -0.162. The molecule has 1 fully saturated rings. The summed E-state index contributed by atoms with van der Waals surface area (Å²) in [6, 6.07) is 0.